The normalized spacial score (nSPS) is 12.7. The Labute approximate surface area is 143 Å². The standard InChI is InChI=1S/C19H18N2O4/c22-12-17(24)11-21-19(25)18-8-5-14(9-15(18)10-20-21)2-1-13-3-6-16(23)7-4-13/h1-10,17,22-24H,11-12H2/b2-1+. The first-order chi connectivity index (χ1) is 12.1. The Balaban J connectivity index is 1.89. The van der Waals surface area contributed by atoms with Crippen LogP contribution in [0.1, 0.15) is 11.1 Å². The van der Waals surface area contributed by atoms with E-state index in [9.17, 15) is 15.0 Å². The zero-order chi connectivity index (χ0) is 17.8. The number of aromatic nitrogens is 2. The molecule has 0 spiro atoms. The average Bonchev–Trinajstić information content (AvgIpc) is 2.63. The van der Waals surface area contributed by atoms with Gasteiger partial charge in [0.25, 0.3) is 5.56 Å². The van der Waals surface area contributed by atoms with Crippen molar-refractivity contribution in [1.82, 2.24) is 9.78 Å². The Morgan fingerprint density at radius 2 is 1.76 bits per heavy atom. The molecule has 0 radical (unpaired) electrons. The summed E-state index contributed by atoms with van der Waals surface area (Å²) < 4.78 is 1.15. The van der Waals surface area contributed by atoms with Gasteiger partial charge in [-0.05, 0) is 35.4 Å². The molecule has 0 bridgehead atoms. The SMILES string of the molecule is O=c1c2ccc(/C=C/c3ccc(O)cc3)cc2cnn1CC(O)CO. The van der Waals surface area contributed by atoms with E-state index in [1.807, 2.05) is 24.3 Å². The second kappa shape index (κ2) is 7.29. The van der Waals surface area contributed by atoms with Gasteiger partial charge in [0, 0.05) is 5.39 Å². The van der Waals surface area contributed by atoms with E-state index in [1.54, 1.807) is 36.5 Å². The number of aliphatic hydroxyl groups excluding tert-OH is 2. The first-order valence-electron chi connectivity index (χ1n) is 7.83. The molecule has 0 aliphatic heterocycles. The lowest BCUT2D eigenvalue weighted by molar-refractivity contribution is 0.0771. The van der Waals surface area contributed by atoms with Gasteiger partial charge in [0.1, 0.15) is 5.75 Å². The van der Waals surface area contributed by atoms with E-state index in [-0.39, 0.29) is 17.9 Å². The molecule has 0 saturated carbocycles. The van der Waals surface area contributed by atoms with Gasteiger partial charge in [0.05, 0.1) is 30.8 Å². The molecule has 1 heterocycles. The predicted octanol–water partition coefficient (Wildman–Crippen LogP) is 1.63. The molecule has 1 atom stereocenters. The molecule has 0 fully saturated rings. The Hall–Kier alpha value is -2.96. The number of nitrogens with zero attached hydrogens (tertiary/aromatic N) is 2. The van der Waals surface area contributed by atoms with Crippen molar-refractivity contribution in [3.05, 3.63) is 70.1 Å². The van der Waals surface area contributed by atoms with E-state index in [0.717, 1.165) is 15.8 Å². The van der Waals surface area contributed by atoms with Crippen molar-refractivity contribution < 1.29 is 15.3 Å². The molecule has 0 aliphatic carbocycles. The van der Waals surface area contributed by atoms with Gasteiger partial charge in [-0.2, -0.15) is 5.10 Å². The van der Waals surface area contributed by atoms with Crippen LogP contribution in [0.25, 0.3) is 22.9 Å². The van der Waals surface area contributed by atoms with Gasteiger partial charge in [-0.3, -0.25) is 4.79 Å². The van der Waals surface area contributed by atoms with E-state index in [4.69, 9.17) is 5.11 Å². The molecule has 6 nitrogen and oxygen atoms in total. The van der Waals surface area contributed by atoms with E-state index in [2.05, 4.69) is 5.10 Å². The Morgan fingerprint density at radius 1 is 1.08 bits per heavy atom. The minimum atomic E-state index is -1.02. The molecular formula is C19H18N2O4. The summed E-state index contributed by atoms with van der Waals surface area (Å²) in [6.45, 7) is -0.471. The number of hydrogen-bond donors (Lipinski definition) is 3. The lowest BCUT2D eigenvalue weighted by atomic mass is 10.1. The molecule has 1 aromatic heterocycles. The first kappa shape index (κ1) is 16.9. The number of aromatic hydroxyl groups is 1. The lowest BCUT2D eigenvalue weighted by Crippen LogP contribution is -2.30. The summed E-state index contributed by atoms with van der Waals surface area (Å²) >= 11 is 0. The second-order valence-corrected chi connectivity index (χ2v) is 5.74. The molecule has 25 heavy (non-hydrogen) atoms. The summed E-state index contributed by atoms with van der Waals surface area (Å²) in [5.41, 5.74) is 1.55. The van der Waals surface area contributed by atoms with Crippen LogP contribution in [0.2, 0.25) is 0 Å². The summed E-state index contributed by atoms with van der Waals surface area (Å²) in [6, 6.07) is 12.2. The number of fused-ring (bicyclic) bond motifs is 1. The number of hydrogen-bond acceptors (Lipinski definition) is 5. The topological polar surface area (TPSA) is 95.6 Å². The fourth-order valence-electron chi connectivity index (χ4n) is 2.48. The Morgan fingerprint density at radius 3 is 2.48 bits per heavy atom. The summed E-state index contributed by atoms with van der Waals surface area (Å²) in [5, 5.41) is 32.9. The number of aliphatic hydroxyl groups is 2. The highest BCUT2D eigenvalue weighted by molar-refractivity contribution is 5.84. The van der Waals surface area contributed by atoms with Crippen LogP contribution in [-0.4, -0.2) is 37.8 Å². The van der Waals surface area contributed by atoms with Crippen LogP contribution in [-0.2, 0) is 6.54 Å². The van der Waals surface area contributed by atoms with Crippen LogP contribution >= 0.6 is 0 Å². The molecular weight excluding hydrogens is 320 g/mol. The van der Waals surface area contributed by atoms with Crippen molar-refractivity contribution in [2.45, 2.75) is 12.6 Å². The fourth-order valence-corrected chi connectivity index (χ4v) is 2.48. The van der Waals surface area contributed by atoms with E-state index in [0.29, 0.717) is 10.8 Å². The third kappa shape index (κ3) is 3.93. The molecule has 2 aromatic carbocycles. The van der Waals surface area contributed by atoms with Crippen molar-refractivity contribution in [2.75, 3.05) is 6.61 Å². The van der Waals surface area contributed by atoms with E-state index in [1.165, 1.54) is 0 Å². The van der Waals surface area contributed by atoms with Crippen molar-refractivity contribution in [1.29, 1.82) is 0 Å². The van der Waals surface area contributed by atoms with Crippen molar-refractivity contribution >= 4 is 22.9 Å². The number of phenolic OH excluding ortho intramolecular Hbond substituents is 1. The third-order valence-electron chi connectivity index (χ3n) is 3.83. The maximum atomic E-state index is 12.4. The summed E-state index contributed by atoms with van der Waals surface area (Å²) in [4.78, 5) is 12.4. The Kier molecular flexibility index (Phi) is 4.92. The second-order valence-electron chi connectivity index (χ2n) is 5.74. The van der Waals surface area contributed by atoms with Gasteiger partial charge < -0.3 is 15.3 Å². The number of phenols is 1. The van der Waals surface area contributed by atoms with Crippen molar-refractivity contribution in [2.24, 2.45) is 0 Å². The summed E-state index contributed by atoms with van der Waals surface area (Å²) in [6.07, 6.45) is 4.37. The predicted molar refractivity (Wildman–Crippen MR) is 96.1 cm³/mol. The Bertz CT molecular complexity index is 961. The average molecular weight is 338 g/mol. The first-order valence-corrected chi connectivity index (χ1v) is 7.83. The molecule has 0 saturated heterocycles. The lowest BCUT2D eigenvalue weighted by Gasteiger charge is -2.09. The molecule has 1 unspecified atom stereocenters. The maximum absolute atomic E-state index is 12.4. The van der Waals surface area contributed by atoms with Crippen LogP contribution in [0, 0.1) is 0 Å². The number of benzene rings is 2. The fraction of sp³-hybridized carbons (Fsp3) is 0.158. The minimum absolute atomic E-state index is 0.0478. The zero-order valence-electron chi connectivity index (χ0n) is 13.4. The highest BCUT2D eigenvalue weighted by Gasteiger charge is 2.08. The van der Waals surface area contributed by atoms with Crippen LogP contribution in [0.4, 0.5) is 0 Å². The smallest absolute Gasteiger partial charge is 0.274 e. The minimum Gasteiger partial charge on any atom is -0.508 e. The van der Waals surface area contributed by atoms with Crippen LogP contribution in [0.3, 0.4) is 0 Å². The van der Waals surface area contributed by atoms with Crippen molar-refractivity contribution in [3.8, 4) is 5.75 Å². The largest absolute Gasteiger partial charge is 0.508 e. The van der Waals surface area contributed by atoms with Gasteiger partial charge in [0.15, 0.2) is 0 Å². The molecule has 128 valence electrons. The highest BCUT2D eigenvalue weighted by atomic mass is 16.3. The summed E-state index contributed by atoms with van der Waals surface area (Å²) in [5.74, 6) is 0.219. The van der Waals surface area contributed by atoms with Gasteiger partial charge in [-0.15, -0.1) is 0 Å². The third-order valence-corrected chi connectivity index (χ3v) is 3.83. The molecule has 3 aromatic rings. The molecule has 6 heteroatoms. The molecule has 0 amide bonds. The van der Waals surface area contributed by atoms with Crippen molar-refractivity contribution in [3.63, 3.8) is 0 Å². The highest BCUT2D eigenvalue weighted by Crippen LogP contribution is 2.16. The molecule has 3 N–H and O–H groups in total. The van der Waals surface area contributed by atoms with E-state index >= 15 is 0 Å². The maximum Gasteiger partial charge on any atom is 0.274 e. The van der Waals surface area contributed by atoms with Gasteiger partial charge in [-0.1, -0.05) is 30.4 Å². The number of rotatable bonds is 5. The van der Waals surface area contributed by atoms with E-state index < -0.39 is 12.7 Å². The molecule has 3 rings (SSSR count). The molecule has 0 aliphatic rings. The zero-order valence-corrected chi connectivity index (χ0v) is 13.4. The van der Waals surface area contributed by atoms with Gasteiger partial charge in [0.2, 0.25) is 0 Å². The monoisotopic (exact) mass is 338 g/mol. The van der Waals surface area contributed by atoms with Gasteiger partial charge in [-0.25, -0.2) is 4.68 Å². The van der Waals surface area contributed by atoms with Crippen LogP contribution in [0.5, 0.6) is 5.75 Å². The van der Waals surface area contributed by atoms with Crippen LogP contribution in [0.15, 0.2) is 53.5 Å². The van der Waals surface area contributed by atoms with Gasteiger partial charge >= 0.3 is 0 Å². The summed E-state index contributed by atoms with van der Waals surface area (Å²) in [7, 11) is 0. The van der Waals surface area contributed by atoms with Crippen LogP contribution < -0.4 is 5.56 Å². The quantitative estimate of drug-likeness (QED) is 0.615.